The predicted octanol–water partition coefficient (Wildman–Crippen LogP) is 3.59. The Kier molecular flexibility index (Phi) is 3.34. The van der Waals surface area contributed by atoms with Gasteiger partial charge in [0.15, 0.2) is 0 Å². The lowest BCUT2D eigenvalue weighted by atomic mass is 10.1. The summed E-state index contributed by atoms with van der Waals surface area (Å²) in [4.78, 5) is 0.323. The third-order valence-corrected chi connectivity index (χ3v) is 5.99. The summed E-state index contributed by atoms with van der Waals surface area (Å²) in [6, 6.07) is 14.4. The van der Waals surface area contributed by atoms with Gasteiger partial charge in [0.2, 0.25) is 0 Å². The standard InChI is InChI=1S/C15H14BrNO2S/c1-11-10-12-4-2-3-5-15(12)17(11)20(18,19)14-8-6-13(16)7-9-14/h2-9,11H,10H2,1H3/t11-/m0/s1. The van der Waals surface area contributed by atoms with Gasteiger partial charge in [0.1, 0.15) is 0 Å². The molecule has 1 heterocycles. The molecule has 0 radical (unpaired) electrons. The third-order valence-electron chi connectivity index (χ3n) is 3.52. The van der Waals surface area contributed by atoms with Crippen LogP contribution in [0.1, 0.15) is 12.5 Å². The van der Waals surface area contributed by atoms with Crippen molar-refractivity contribution in [2.75, 3.05) is 4.31 Å². The van der Waals surface area contributed by atoms with Crippen molar-refractivity contribution in [3.8, 4) is 0 Å². The van der Waals surface area contributed by atoms with Crippen molar-refractivity contribution in [3.63, 3.8) is 0 Å². The Morgan fingerprint density at radius 3 is 2.45 bits per heavy atom. The number of anilines is 1. The molecule has 0 aliphatic carbocycles. The van der Waals surface area contributed by atoms with Gasteiger partial charge in [-0.3, -0.25) is 4.31 Å². The van der Waals surface area contributed by atoms with E-state index in [0.717, 1.165) is 22.1 Å². The van der Waals surface area contributed by atoms with Gasteiger partial charge in [-0.05, 0) is 49.2 Å². The monoisotopic (exact) mass is 351 g/mol. The Labute approximate surface area is 127 Å². The second kappa shape index (κ2) is 4.90. The lowest BCUT2D eigenvalue weighted by Crippen LogP contribution is -2.35. The number of hydrogen-bond donors (Lipinski definition) is 0. The molecule has 104 valence electrons. The highest BCUT2D eigenvalue weighted by atomic mass is 79.9. The van der Waals surface area contributed by atoms with E-state index < -0.39 is 10.0 Å². The molecule has 0 amide bonds. The summed E-state index contributed by atoms with van der Waals surface area (Å²) < 4.78 is 28.1. The third kappa shape index (κ3) is 2.15. The SMILES string of the molecule is C[C@H]1Cc2ccccc2N1S(=O)(=O)c1ccc(Br)cc1. The summed E-state index contributed by atoms with van der Waals surface area (Å²) in [5.74, 6) is 0. The summed E-state index contributed by atoms with van der Waals surface area (Å²) in [6.45, 7) is 1.94. The van der Waals surface area contributed by atoms with Gasteiger partial charge in [-0.2, -0.15) is 0 Å². The first-order chi connectivity index (χ1) is 9.50. The maximum absolute atomic E-state index is 12.8. The van der Waals surface area contributed by atoms with Crippen molar-refractivity contribution in [1.82, 2.24) is 0 Å². The molecule has 20 heavy (non-hydrogen) atoms. The number of halogens is 1. The zero-order chi connectivity index (χ0) is 14.3. The van der Waals surface area contributed by atoms with Crippen LogP contribution in [0.2, 0.25) is 0 Å². The predicted molar refractivity (Wildman–Crippen MR) is 83.4 cm³/mol. The topological polar surface area (TPSA) is 37.4 Å². The number of para-hydroxylation sites is 1. The van der Waals surface area contributed by atoms with Crippen molar-refractivity contribution in [2.45, 2.75) is 24.3 Å². The molecule has 1 aliphatic rings. The maximum Gasteiger partial charge on any atom is 0.264 e. The number of sulfonamides is 1. The number of nitrogens with zero attached hydrogens (tertiary/aromatic N) is 1. The highest BCUT2D eigenvalue weighted by Gasteiger charge is 2.35. The lowest BCUT2D eigenvalue weighted by molar-refractivity contribution is 0.584. The maximum atomic E-state index is 12.8. The van der Waals surface area contributed by atoms with Crippen LogP contribution in [0.25, 0.3) is 0 Å². The fourth-order valence-corrected chi connectivity index (χ4v) is 4.58. The van der Waals surface area contributed by atoms with Crippen LogP contribution in [0.3, 0.4) is 0 Å². The van der Waals surface area contributed by atoms with Crippen LogP contribution in [-0.4, -0.2) is 14.5 Å². The molecule has 0 fully saturated rings. The number of hydrogen-bond acceptors (Lipinski definition) is 2. The second-order valence-electron chi connectivity index (χ2n) is 4.94. The van der Waals surface area contributed by atoms with Crippen molar-refractivity contribution in [2.24, 2.45) is 0 Å². The molecule has 2 aromatic carbocycles. The molecule has 0 bridgehead atoms. The van der Waals surface area contributed by atoms with Crippen molar-refractivity contribution in [3.05, 3.63) is 58.6 Å². The van der Waals surface area contributed by atoms with Crippen molar-refractivity contribution >= 4 is 31.6 Å². The van der Waals surface area contributed by atoms with Crippen molar-refractivity contribution < 1.29 is 8.42 Å². The van der Waals surface area contributed by atoms with E-state index in [9.17, 15) is 8.42 Å². The Bertz CT molecular complexity index is 741. The van der Waals surface area contributed by atoms with Gasteiger partial charge in [-0.1, -0.05) is 34.1 Å². The van der Waals surface area contributed by atoms with Crippen LogP contribution >= 0.6 is 15.9 Å². The average Bonchev–Trinajstić information content (AvgIpc) is 2.75. The van der Waals surface area contributed by atoms with E-state index in [1.54, 1.807) is 24.3 Å². The first-order valence-electron chi connectivity index (χ1n) is 6.38. The van der Waals surface area contributed by atoms with Crippen LogP contribution in [0.5, 0.6) is 0 Å². The molecular formula is C15H14BrNO2S. The smallest absolute Gasteiger partial charge is 0.263 e. The first kappa shape index (κ1) is 13.6. The highest BCUT2D eigenvalue weighted by molar-refractivity contribution is 9.10. The zero-order valence-corrected chi connectivity index (χ0v) is 13.4. The van der Waals surface area contributed by atoms with E-state index in [1.807, 2.05) is 31.2 Å². The van der Waals surface area contributed by atoms with Gasteiger partial charge in [0, 0.05) is 10.5 Å². The van der Waals surface area contributed by atoms with Crippen LogP contribution < -0.4 is 4.31 Å². The molecule has 5 heteroatoms. The quantitative estimate of drug-likeness (QED) is 0.828. The molecule has 3 nitrogen and oxygen atoms in total. The number of rotatable bonds is 2. The molecule has 0 unspecified atom stereocenters. The van der Waals surface area contributed by atoms with E-state index in [0.29, 0.717) is 4.90 Å². The Hall–Kier alpha value is -1.33. The lowest BCUT2D eigenvalue weighted by Gasteiger charge is -2.24. The number of benzene rings is 2. The molecule has 0 N–H and O–H groups in total. The Morgan fingerprint density at radius 1 is 1.10 bits per heavy atom. The van der Waals surface area contributed by atoms with Crippen molar-refractivity contribution in [1.29, 1.82) is 0 Å². The summed E-state index contributed by atoms with van der Waals surface area (Å²) in [5.41, 5.74) is 1.88. The van der Waals surface area contributed by atoms with E-state index in [2.05, 4.69) is 15.9 Å². The molecule has 2 aromatic rings. The number of fused-ring (bicyclic) bond motifs is 1. The van der Waals surface area contributed by atoms with Crippen LogP contribution in [-0.2, 0) is 16.4 Å². The fourth-order valence-electron chi connectivity index (χ4n) is 2.62. The van der Waals surface area contributed by atoms with E-state index in [4.69, 9.17) is 0 Å². The minimum absolute atomic E-state index is 0.0546. The largest absolute Gasteiger partial charge is 0.264 e. The minimum Gasteiger partial charge on any atom is -0.263 e. The van der Waals surface area contributed by atoms with Gasteiger partial charge in [-0.25, -0.2) is 8.42 Å². The summed E-state index contributed by atoms with van der Waals surface area (Å²) in [6.07, 6.45) is 0.756. The first-order valence-corrected chi connectivity index (χ1v) is 8.61. The average molecular weight is 352 g/mol. The normalized spacial score (nSPS) is 18.1. The molecule has 0 spiro atoms. The summed E-state index contributed by atoms with van der Waals surface area (Å²) in [5, 5.41) is 0. The zero-order valence-electron chi connectivity index (χ0n) is 11.0. The Balaban J connectivity index is 2.10. The van der Waals surface area contributed by atoms with E-state index in [-0.39, 0.29) is 6.04 Å². The van der Waals surface area contributed by atoms with Crippen LogP contribution in [0, 0.1) is 0 Å². The molecule has 0 saturated heterocycles. The highest BCUT2D eigenvalue weighted by Crippen LogP contribution is 2.36. The summed E-state index contributed by atoms with van der Waals surface area (Å²) in [7, 11) is -3.51. The Morgan fingerprint density at radius 2 is 1.75 bits per heavy atom. The molecule has 3 rings (SSSR count). The van der Waals surface area contributed by atoms with Crippen LogP contribution in [0.4, 0.5) is 5.69 Å². The molecule has 1 aliphatic heterocycles. The molecular weight excluding hydrogens is 338 g/mol. The van der Waals surface area contributed by atoms with E-state index in [1.165, 1.54) is 4.31 Å². The van der Waals surface area contributed by atoms with Gasteiger partial charge in [-0.15, -0.1) is 0 Å². The van der Waals surface area contributed by atoms with Crippen LogP contribution in [0.15, 0.2) is 57.9 Å². The molecule has 0 aromatic heterocycles. The summed E-state index contributed by atoms with van der Waals surface area (Å²) >= 11 is 3.32. The minimum atomic E-state index is -3.51. The molecule has 0 saturated carbocycles. The fraction of sp³-hybridized carbons (Fsp3) is 0.200. The van der Waals surface area contributed by atoms with Gasteiger partial charge in [0.05, 0.1) is 10.6 Å². The van der Waals surface area contributed by atoms with Gasteiger partial charge < -0.3 is 0 Å². The van der Waals surface area contributed by atoms with Gasteiger partial charge >= 0.3 is 0 Å². The van der Waals surface area contributed by atoms with Gasteiger partial charge in [0.25, 0.3) is 10.0 Å². The van der Waals surface area contributed by atoms with E-state index >= 15 is 0 Å². The second-order valence-corrected chi connectivity index (χ2v) is 7.67. The molecule has 1 atom stereocenters.